The van der Waals surface area contributed by atoms with Gasteiger partial charge in [0.25, 0.3) is 0 Å². The highest BCUT2D eigenvalue weighted by molar-refractivity contribution is 5.80. The van der Waals surface area contributed by atoms with E-state index >= 15 is 0 Å². The van der Waals surface area contributed by atoms with Gasteiger partial charge in [-0.1, -0.05) is 30.3 Å². The van der Waals surface area contributed by atoms with Gasteiger partial charge in [-0.25, -0.2) is 4.68 Å². The first-order valence-electron chi connectivity index (χ1n) is 5.34. The van der Waals surface area contributed by atoms with Crippen molar-refractivity contribution < 1.29 is 0 Å². The average molecular weight is 208 g/mol. The highest BCUT2D eigenvalue weighted by Crippen LogP contribution is 2.18. The Balaban J connectivity index is 2.26. The second-order valence-corrected chi connectivity index (χ2v) is 3.95. The number of benzene rings is 2. The molecule has 0 saturated heterocycles. The van der Waals surface area contributed by atoms with Gasteiger partial charge in [0, 0.05) is 5.39 Å². The molecule has 0 saturated carbocycles. The summed E-state index contributed by atoms with van der Waals surface area (Å²) in [6.07, 6.45) is 1.90. The molecule has 0 amide bonds. The zero-order chi connectivity index (χ0) is 11.0. The Morgan fingerprint density at radius 2 is 1.88 bits per heavy atom. The summed E-state index contributed by atoms with van der Waals surface area (Å²) >= 11 is 0. The topological polar surface area (TPSA) is 17.8 Å². The van der Waals surface area contributed by atoms with Crippen LogP contribution in [0.15, 0.2) is 54.7 Å². The van der Waals surface area contributed by atoms with Crippen LogP contribution in [0.3, 0.4) is 0 Å². The molecule has 16 heavy (non-hydrogen) atoms. The molecule has 1 aromatic heterocycles. The zero-order valence-corrected chi connectivity index (χ0v) is 9.09. The molecule has 0 atom stereocenters. The molecule has 2 nitrogen and oxygen atoms in total. The standard InChI is InChI=1S/C14H12N2/c1-11-5-4-7-13(9-11)16-14-8-3-2-6-12(14)10-15-16/h2-10H,1H3. The van der Waals surface area contributed by atoms with Crippen LogP contribution >= 0.6 is 0 Å². The highest BCUT2D eigenvalue weighted by atomic mass is 15.3. The number of aromatic nitrogens is 2. The van der Waals surface area contributed by atoms with Crippen LogP contribution in [-0.2, 0) is 0 Å². The SMILES string of the molecule is Cc1cccc(-n2ncc3ccccc32)c1. The Hall–Kier alpha value is -2.09. The molecule has 0 aliphatic carbocycles. The molecule has 0 fully saturated rings. The van der Waals surface area contributed by atoms with Crippen LogP contribution in [0.5, 0.6) is 0 Å². The van der Waals surface area contributed by atoms with E-state index in [1.807, 2.05) is 23.0 Å². The largest absolute Gasteiger partial charge is 0.233 e. The number of rotatable bonds is 1. The lowest BCUT2D eigenvalue weighted by atomic mass is 10.2. The van der Waals surface area contributed by atoms with Crippen LogP contribution in [0.25, 0.3) is 16.6 Å². The van der Waals surface area contributed by atoms with Crippen molar-refractivity contribution in [1.29, 1.82) is 0 Å². The molecule has 2 heteroatoms. The predicted molar refractivity (Wildman–Crippen MR) is 65.8 cm³/mol. The summed E-state index contributed by atoms with van der Waals surface area (Å²) in [4.78, 5) is 0. The molecule has 3 aromatic rings. The quantitative estimate of drug-likeness (QED) is 0.599. The lowest BCUT2D eigenvalue weighted by Gasteiger charge is -2.04. The molecular formula is C14H12N2. The van der Waals surface area contributed by atoms with E-state index in [0.29, 0.717) is 0 Å². The maximum Gasteiger partial charge on any atom is 0.0741 e. The van der Waals surface area contributed by atoms with Crippen LogP contribution in [0, 0.1) is 6.92 Å². The third-order valence-corrected chi connectivity index (χ3v) is 2.72. The van der Waals surface area contributed by atoms with Gasteiger partial charge in [0.15, 0.2) is 0 Å². The first-order valence-corrected chi connectivity index (χ1v) is 5.34. The van der Waals surface area contributed by atoms with Crippen LogP contribution in [0.2, 0.25) is 0 Å². The zero-order valence-electron chi connectivity index (χ0n) is 9.09. The Bertz CT molecular complexity index is 638. The van der Waals surface area contributed by atoms with E-state index in [2.05, 4.69) is 48.4 Å². The van der Waals surface area contributed by atoms with Crippen LogP contribution < -0.4 is 0 Å². The molecule has 78 valence electrons. The van der Waals surface area contributed by atoms with Gasteiger partial charge < -0.3 is 0 Å². The molecule has 0 aliphatic heterocycles. The molecule has 0 bridgehead atoms. The summed E-state index contributed by atoms with van der Waals surface area (Å²) in [6.45, 7) is 2.09. The van der Waals surface area contributed by atoms with Crippen molar-refractivity contribution in [1.82, 2.24) is 9.78 Å². The molecule has 3 rings (SSSR count). The fourth-order valence-electron chi connectivity index (χ4n) is 1.94. The minimum absolute atomic E-state index is 1.11. The normalized spacial score (nSPS) is 10.8. The third-order valence-electron chi connectivity index (χ3n) is 2.72. The van der Waals surface area contributed by atoms with E-state index in [9.17, 15) is 0 Å². The fraction of sp³-hybridized carbons (Fsp3) is 0.0714. The first kappa shape index (κ1) is 9.16. The number of hydrogen-bond donors (Lipinski definition) is 0. The summed E-state index contributed by atoms with van der Waals surface area (Å²) < 4.78 is 1.97. The summed E-state index contributed by atoms with van der Waals surface area (Å²) in [5.41, 5.74) is 3.51. The van der Waals surface area contributed by atoms with Crippen molar-refractivity contribution in [2.24, 2.45) is 0 Å². The lowest BCUT2D eigenvalue weighted by Crippen LogP contribution is -1.95. The Kier molecular flexibility index (Phi) is 2.00. The van der Waals surface area contributed by atoms with Crippen molar-refractivity contribution in [3.8, 4) is 5.69 Å². The van der Waals surface area contributed by atoms with Crippen molar-refractivity contribution in [3.05, 3.63) is 60.3 Å². The fourth-order valence-corrected chi connectivity index (χ4v) is 1.94. The highest BCUT2D eigenvalue weighted by Gasteiger charge is 2.03. The number of aryl methyl sites for hydroxylation is 1. The van der Waals surface area contributed by atoms with Gasteiger partial charge >= 0.3 is 0 Å². The Morgan fingerprint density at radius 1 is 1.00 bits per heavy atom. The van der Waals surface area contributed by atoms with E-state index in [-0.39, 0.29) is 0 Å². The molecule has 2 aromatic carbocycles. The minimum atomic E-state index is 1.11. The van der Waals surface area contributed by atoms with E-state index in [1.165, 1.54) is 10.9 Å². The number of hydrogen-bond acceptors (Lipinski definition) is 1. The summed E-state index contributed by atoms with van der Waals surface area (Å²) in [7, 11) is 0. The molecule has 0 N–H and O–H groups in total. The lowest BCUT2D eigenvalue weighted by molar-refractivity contribution is 0.909. The van der Waals surface area contributed by atoms with Crippen LogP contribution in [-0.4, -0.2) is 9.78 Å². The smallest absolute Gasteiger partial charge is 0.0741 e. The summed E-state index contributed by atoms with van der Waals surface area (Å²) in [5.74, 6) is 0. The van der Waals surface area contributed by atoms with E-state index in [1.54, 1.807) is 0 Å². The minimum Gasteiger partial charge on any atom is -0.233 e. The number of para-hydroxylation sites is 1. The molecular weight excluding hydrogens is 196 g/mol. The second kappa shape index (κ2) is 3.49. The van der Waals surface area contributed by atoms with E-state index < -0.39 is 0 Å². The van der Waals surface area contributed by atoms with Crippen LogP contribution in [0.1, 0.15) is 5.56 Å². The van der Waals surface area contributed by atoms with Crippen molar-refractivity contribution >= 4 is 10.9 Å². The molecule has 1 heterocycles. The molecule has 0 spiro atoms. The Labute approximate surface area is 94.1 Å². The number of fused-ring (bicyclic) bond motifs is 1. The number of nitrogens with zero attached hydrogens (tertiary/aromatic N) is 2. The monoisotopic (exact) mass is 208 g/mol. The third kappa shape index (κ3) is 1.39. The van der Waals surface area contributed by atoms with Gasteiger partial charge in [0.05, 0.1) is 17.4 Å². The first-order chi connectivity index (χ1) is 7.84. The van der Waals surface area contributed by atoms with Gasteiger partial charge in [-0.2, -0.15) is 5.10 Å². The van der Waals surface area contributed by atoms with Gasteiger partial charge in [-0.15, -0.1) is 0 Å². The maximum atomic E-state index is 4.42. The molecule has 0 radical (unpaired) electrons. The Morgan fingerprint density at radius 3 is 2.75 bits per heavy atom. The van der Waals surface area contributed by atoms with Crippen molar-refractivity contribution in [3.63, 3.8) is 0 Å². The second-order valence-electron chi connectivity index (χ2n) is 3.95. The van der Waals surface area contributed by atoms with E-state index in [0.717, 1.165) is 11.2 Å². The van der Waals surface area contributed by atoms with E-state index in [4.69, 9.17) is 0 Å². The van der Waals surface area contributed by atoms with Crippen molar-refractivity contribution in [2.45, 2.75) is 6.92 Å². The molecule has 0 aliphatic rings. The molecule has 0 unspecified atom stereocenters. The van der Waals surface area contributed by atoms with Crippen LogP contribution in [0.4, 0.5) is 0 Å². The summed E-state index contributed by atoms with van der Waals surface area (Å²) in [6, 6.07) is 16.6. The summed E-state index contributed by atoms with van der Waals surface area (Å²) in [5, 5.41) is 5.59. The van der Waals surface area contributed by atoms with Gasteiger partial charge in [0.1, 0.15) is 0 Å². The van der Waals surface area contributed by atoms with Crippen molar-refractivity contribution in [2.75, 3.05) is 0 Å². The predicted octanol–water partition coefficient (Wildman–Crippen LogP) is 3.33. The average Bonchev–Trinajstić information content (AvgIpc) is 2.72. The maximum absolute atomic E-state index is 4.42. The van der Waals surface area contributed by atoms with Gasteiger partial charge in [-0.05, 0) is 30.7 Å². The van der Waals surface area contributed by atoms with Gasteiger partial charge in [0.2, 0.25) is 0 Å². The van der Waals surface area contributed by atoms with Gasteiger partial charge in [-0.3, -0.25) is 0 Å².